The number of aromatic nitrogens is 2. The maximum Gasteiger partial charge on any atom is 0.286 e. The maximum absolute atomic E-state index is 12.2. The molecule has 0 aliphatic carbocycles. The summed E-state index contributed by atoms with van der Waals surface area (Å²) in [6.45, 7) is 7.34. The monoisotopic (exact) mass is 379 g/mol. The van der Waals surface area contributed by atoms with Crippen LogP contribution >= 0.6 is 0 Å². The molecule has 1 aromatic carbocycles. The lowest BCUT2D eigenvalue weighted by Gasteiger charge is -2.09. The van der Waals surface area contributed by atoms with Gasteiger partial charge in [-0.1, -0.05) is 24.3 Å². The van der Waals surface area contributed by atoms with Crippen LogP contribution in [0.15, 0.2) is 65.9 Å². The molecule has 0 saturated heterocycles. The van der Waals surface area contributed by atoms with Crippen molar-refractivity contribution in [2.75, 3.05) is 6.54 Å². The Kier molecular flexibility index (Phi) is 6.68. The normalized spacial score (nSPS) is 10.6. The molecule has 0 radical (unpaired) electrons. The number of para-hydroxylation sites is 1. The van der Waals surface area contributed by atoms with Gasteiger partial charge in [-0.15, -0.1) is 6.58 Å². The van der Waals surface area contributed by atoms with Crippen molar-refractivity contribution in [1.82, 2.24) is 15.1 Å². The van der Waals surface area contributed by atoms with Gasteiger partial charge in [-0.05, 0) is 49.1 Å². The zero-order valence-electron chi connectivity index (χ0n) is 16.1. The topological polar surface area (TPSA) is 69.3 Å². The van der Waals surface area contributed by atoms with Gasteiger partial charge in [0.2, 0.25) is 0 Å². The van der Waals surface area contributed by atoms with Crippen molar-refractivity contribution in [2.45, 2.75) is 32.9 Å². The van der Waals surface area contributed by atoms with E-state index in [0.29, 0.717) is 12.3 Å². The molecule has 0 fully saturated rings. The van der Waals surface area contributed by atoms with E-state index >= 15 is 0 Å². The molecular weight excluding hydrogens is 354 g/mol. The van der Waals surface area contributed by atoms with E-state index in [1.165, 1.54) is 0 Å². The van der Waals surface area contributed by atoms with E-state index in [1.54, 1.807) is 12.1 Å². The van der Waals surface area contributed by atoms with E-state index in [0.717, 1.165) is 36.3 Å². The van der Waals surface area contributed by atoms with Crippen LogP contribution in [0.25, 0.3) is 0 Å². The van der Waals surface area contributed by atoms with Gasteiger partial charge in [-0.3, -0.25) is 9.48 Å². The summed E-state index contributed by atoms with van der Waals surface area (Å²) in [5, 5.41) is 7.09. The Hall–Kier alpha value is -3.28. The van der Waals surface area contributed by atoms with Crippen LogP contribution in [0.2, 0.25) is 0 Å². The first-order valence-corrected chi connectivity index (χ1v) is 9.33. The van der Waals surface area contributed by atoms with Crippen LogP contribution in [0.5, 0.6) is 5.75 Å². The number of hydrogen-bond donors (Lipinski definition) is 1. The van der Waals surface area contributed by atoms with E-state index in [-0.39, 0.29) is 18.3 Å². The predicted octanol–water partition coefficient (Wildman–Crippen LogP) is 3.91. The Labute approximate surface area is 164 Å². The largest absolute Gasteiger partial charge is 0.485 e. The van der Waals surface area contributed by atoms with Crippen LogP contribution in [0.1, 0.15) is 33.9 Å². The number of amides is 1. The van der Waals surface area contributed by atoms with Crippen LogP contribution < -0.4 is 10.1 Å². The molecule has 0 spiro atoms. The van der Waals surface area contributed by atoms with Crippen molar-refractivity contribution >= 4 is 5.91 Å². The molecule has 1 amide bonds. The minimum absolute atomic E-state index is 0.227. The molecule has 3 rings (SSSR count). The lowest BCUT2D eigenvalue weighted by Crippen LogP contribution is -2.24. The minimum atomic E-state index is -0.227. The number of furan rings is 1. The van der Waals surface area contributed by atoms with Crippen LogP contribution in [-0.2, 0) is 19.6 Å². The molecule has 2 aromatic heterocycles. The molecule has 1 N–H and O–H groups in total. The molecule has 6 nitrogen and oxygen atoms in total. The van der Waals surface area contributed by atoms with Crippen molar-refractivity contribution in [3.63, 3.8) is 0 Å². The fraction of sp³-hybridized carbons (Fsp3) is 0.273. The molecule has 28 heavy (non-hydrogen) atoms. The average molecular weight is 379 g/mol. The van der Waals surface area contributed by atoms with Gasteiger partial charge in [0.1, 0.15) is 18.1 Å². The number of allylic oxidation sites excluding steroid dienone is 1. The fourth-order valence-corrected chi connectivity index (χ4v) is 2.81. The number of rotatable bonds is 10. The highest BCUT2D eigenvalue weighted by Gasteiger charge is 2.11. The predicted molar refractivity (Wildman–Crippen MR) is 107 cm³/mol. The number of carbonyl (C=O) groups is 1. The molecule has 6 heteroatoms. The molecule has 3 aromatic rings. The van der Waals surface area contributed by atoms with Crippen molar-refractivity contribution < 1.29 is 13.9 Å². The second kappa shape index (κ2) is 9.60. The molecule has 0 bridgehead atoms. The van der Waals surface area contributed by atoms with Crippen molar-refractivity contribution in [3.8, 4) is 5.75 Å². The first kappa shape index (κ1) is 19.5. The highest BCUT2D eigenvalue weighted by molar-refractivity contribution is 5.91. The average Bonchev–Trinajstić information content (AvgIpc) is 3.34. The third-order valence-electron chi connectivity index (χ3n) is 4.20. The fourth-order valence-electron chi connectivity index (χ4n) is 2.81. The Morgan fingerprint density at radius 3 is 2.96 bits per heavy atom. The third-order valence-corrected chi connectivity index (χ3v) is 4.20. The number of carbonyl (C=O) groups excluding carboxylic acids is 1. The summed E-state index contributed by atoms with van der Waals surface area (Å²) < 4.78 is 13.3. The van der Waals surface area contributed by atoms with Gasteiger partial charge in [0.25, 0.3) is 5.91 Å². The molecular formula is C22H25N3O3. The lowest BCUT2D eigenvalue weighted by atomic mass is 10.1. The zero-order valence-corrected chi connectivity index (χ0v) is 16.1. The SMILES string of the molecule is C=CCc1ccccc1OCc1ccc(C(=O)NCCCn2cc(C)cn2)o1. The van der Waals surface area contributed by atoms with Crippen LogP contribution in [0.4, 0.5) is 0 Å². The van der Waals surface area contributed by atoms with Gasteiger partial charge in [-0.2, -0.15) is 5.10 Å². The number of hydrogen-bond acceptors (Lipinski definition) is 4. The van der Waals surface area contributed by atoms with Crippen LogP contribution in [-0.4, -0.2) is 22.2 Å². The molecule has 0 aliphatic rings. The molecule has 2 heterocycles. The van der Waals surface area contributed by atoms with Gasteiger partial charge >= 0.3 is 0 Å². The smallest absolute Gasteiger partial charge is 0.286 e. The summed E-state index contributed by atoms with van der Waals surface area (Å²) in [5.74, 6) is 1.45. The number of aryl methyl sites for hydroxylation is 2. The zero-order chi connectivity index (χ0) is 19.8. The standard InChI is InChI=1S/C22H25N3O3/c1-3-7-18-8-4-5-9-20(18)27-16-19-10-11-21(28-19)22(26)23-12-6-13-25-15-17(2)14-24-25/h3-5,8-11,14-15H,1,6-7,12-13,16H2,2H3,(H,23,26). The highest BCUT2D eigenvalue weighted by atomic mass is 16.5. The Balaban J connectivity index is 1.45. The van der Waals surface area contributed by atoms with E-state index in [1.807, 2.05) is 54.3 Å². The number of ether oxygens (including phenoxy) is 1. The summed E-state index contributed by atoms with van der Waals surface area (Å²) in [7, 11) is 0. The Bertz CT molecular complexity index is 927. The van der Waals surface area contributed by atoms with Gasteiger partial charge in [-0.25, -0.2) is 0 Å². The van der Waals surface area contributed by atoms with Crippen molar-refractivity contribution in [3.05, 3.63) is 84.1 Å². The van der Waals surface area contributed by atoms with Crippen LogP contribution in [0.3, 0.4) is 0 Å². The van der Waals surface area contributed by atoms with Crippen molar-refractivity contribution in [2.24, 2.45) is 0 Å². The van der Waals surface area contributed by atoms with Crippen LogP contribution in [0, 0.1) is 6.92 Å². The lowest BCUT2D eigenvalue weighted by molar-refractivity contribution is 0.0920. The number of nitrogens with zero attached hydrogens (tertiary/aromatic N) is 2. The highest BCUT2D eigenvalue weighted by Crippen LogP contribution is 2.20. The molecule has 0 unspecified atom stereocenters. The molecule has 0 aliphatic heterocycles. The van der Waals surface area contributed by atoms with Gasteiger partial charge < -0.3 is 14.5 Å². The van der Waals surface area contributed by atoms with E-state index in [4.69, 9.17) is 9.15 Å². The summed E-state index contributed by atoms with van der Waals surface area (Å²) in [6, 6.07) is 11.2. The van der Waals surface area contributed by atoms with E-state index in [2.05, 4.69) is 17.0 Å². The van der Waals surface area contributed by atoms with Gasteiger partial charge in [0, 0.05) is 19.3 Å². The number of benzene rings is 1. The third kappa shape index (κ3) is 5.36. The second-order valence-corrected chi connectivity index (χ2v) is 6.55. The van der Waals surface area contributed by atoms with Gasteiger partial charge in [0.05, 0.1) is 6.20 Å². The van der Waals surface area contributed by atoms with Crippen molar-refractivity contribution in [1.29, 1.82) is 0 Å². The van der Waals surface area contributed by atoms with Gasteiger partial charge in [0.15, 0.2) is 5.76 Å². The molecule has 0 atom stereocenters. The molecule has 146 valence electrons. The minimum Gasteiger partial charge on any atom is -0.485 e. The Morgan fingerprint density at radius 2 is 2.18 bits per heavy atom. The van der Waals surface area contributed by atoms with E-state index in [9.17, 15) is 4.79 Å². The van der Waals surface area contributed by atoms with E-state index < -0.39 is 0 Å². The first-order valence-electron chi connectivity index (χ1n) is 9.33. The quantitative estimate of drug-likeness (QED) is 0.428. The Morgan fingerprint density at radius 1 is 1.32 bits per heavy atom. The summed E-state index contributed by atoms with van der Waals surface area (Å²) in [4.78, 5) is 12.2. The number of nitrogens with one attached hydrogen (secondary N) is 1. The maximum atomic E-state index is 12.2. The summed E-state index contributed by atoms with van der Waals surface area (Å²) in [6.07, 6.45) is 7.17. The second-order valence-electron chi connectivity index (χ2n) is 6.55. The summed E-state index contributed by atoms with van der Waals surface area (Å²) in [5.41, 5.74) is 2.19. The molecule has 0 saturated carbocycles. The summed E-state index contributed by atoms with van der Waals surface area (Å²) >= 11 is 0. The first-order chi connectivity index (χ1) is 13.7.